The van der Waals surface area contributed by atoms with Gasteiger partial charge in [0.05, 0.1) is 6.10 Å². The maximum Gasteiger partial charge on any atom is 0.211 e. The molecule has 1 unspecified atom stereocenters. The Balaban J connectivity index is 2.74. The summed E-state index contributed by atoms with van der Waals surface area (Å²) in [5, 5.41) is 4.54. The summed E-state index contributed by atoms with van der Waals surface area (Å²) < 4.78 is 6.80. The molecule has 1 N–H and O–H groups in total. The summed E-state index contributed by atoms with van der Waals surface area (Å²) in [4.78, 5) is 0. The summed E-state index contributed by atoms with van der Waals surface area (Å²) in [5.41, 5.74) is 1.07. The Kier molecular flexibility index (Phi) is 2.00. The molecule has 0 bridgehead atoms. The predicted molar refractivity (Wildman–Crippen MR) is 41.7 cm³/mol. The van der Waals surface area contributed by atoms with Gasteiger partial charge in [0.25, 0.3) is 0 Å². The van der Waals surface area contributed by atoms with Crippen molar-refractivity contribution in [2.75, 3.05) is 0 Å². The lowest BCUT2D eigenvalue weighted by molar-refractivity contribution is 0.173. The largest absolute Gasteiger partial charge is 0.388 e. The van der Waals surface area contributed by atoms with Crippen molar-refractivity contribution < 1.29 is 5.11 Å². The van der Waals surface area contributed by atoms with Crippen LogP contribution in [0.2, 0.25) is 0 Å². The highest BCUT2D eigenvalue weighted by atomic mass is 16.3. The summed E-state index contributed by atoms with van der Waals surface area (Å²) in [7, 11) is 0. The summed E-state index contributed by atoms with van der Waals surface area (Å²) in [6, 6.07) is 9.82. The third-order valence-electron chi connectivity index (χ3n) is 1.54. The molecule has 0 aliphatic rings. The molecule has 0 amide bonds. The van der Waals surface area contributed by atoms with Crippen molar-refractivity contribution in [3.8, 4) is 0 Å². The molecule has 0 spiro atoms. The molecule has 0 aliphatic carbocycles. The van der Waals surface area contributed by atoms with Crippen molar-refractivity contribution in [3.63, 3.8) is 0 Å². The fourth-order valence-corrected chi connectivity index (χ4v) is 0.903. The lowest BCUT2D eigenvalue weighted by Gasteiger charge is -2.05. The van der Waals surface area contributed by atoms with E-state index in [1.807, 2.05) is 37.3 Å². The molecule has 0 aromatic heterocycles. The zero-order valence-electron chi connectivity index (χ0n) is 7.08. The van der Waals surface area contributed by atoms with Crippen LogP contribution in [-0.2, 0) is 0 Å². The lowest BCUT2D eigenvalue weighted by Crippen LogP contribution is -1.93. The Hall–Kier alpha value is -0.820. The van der Waals surface area contributed by atoms with Crippen LogP contribution in [0.5, 0.6) is 0 Å². The van der Waals surface area contributed by atoms with E-state index in [-0.39, 0.29) is 6.10 Å². The molecule has 1 aromatic carbocycles. The van der Waals surface area contributed by atoms with Crippen LogP contribution < -0.4 is 0 Å². The first-order chi connectivity index (χ1) is 5.38. The highest BCUT2D eigenvalue weighted by molar-refractivity contribution is 5.16. The third kappa shape index (κ3) is 1.58. The fraction of sp³-hybridized carbons (Fsp3) is 0.333. The Labute approximate surface area is 62.8 Å². The van der Waals surface area contributed by atoms with Gasteiger partial charge in [0, 0.05) is 0 Å². The Bertz CT molecular complexity index is 194. The molecule has 54 valence electrons. The zero-order valence-corrected chi connectivity index (χ0v) is 6.08. The van der Waals surface area contributed by atoms with E-state index >= 15 is 0 Å². The number of aliphatic hydroxyl groups excluding tert-OH is 1. The summed E-state index contributed by atoms with van der Waals surface area (Å²) in [5.74, 6) is 0. The zero-order chi connectivity index (χ0) is 8.10. The van der Waals surface area contributed by atoms with E-state index in [1.54, 1.807) is 0 Å². The van der Waals surface area contributed by atoms with Gasteiger partial charge in [0.15, 0.2) is 0 Å². The number of rotatable bonds is 3. The van der Waals surface area contributed by atoms with Crippen LogP contribution >= 0.6 is 0 Å². The quantitative estimate of drug-likeness (QED) is 0.676. The molecule has 1 heteroatoms. The van der Waals surface area contributed by atoms with Gasteiger partial charge >= 0.3 is 0 Å². The minimum absolute atomic E-state index is 0.0730. The van der Waals surface area contributed by atoms with Crippen LogP contribution in [0.25, 0.3) is 0 Å². The van der Waals surface area contributed by atoms with E-state index in [4.69, 9.17) is 1.43 Å². The molecule has 0 radical (unpaired) electrons. The maximum atomic E-state index is 6.80. The van der Waals surface area contributed by atoms with Gasteiger partial charge in [-0.15, -0.1) is 0 Å². The van der Waals surface area contributed by atoms with Gasteiger partial charge in [-0.05, 0) is 12.0 Å². The van der Waals surface area contributed by atoms with Gasteiger partial charge in [-0.2, -0.15) is 0 Å². The highest BCUT2D eigenvalue weighted by Crippen LogP contribution is 2.14. The smallest absolute Gasteiger partial charge is 0.211 e. The van der Waals surface area contributed by atoms with Gasteiger partial charge in [-0.1, -0.05) is 37.3 Å². The Morgan fingerprint density at radius 1 is 1.50 bits per heavy atom. The van der Waals surface area contributed by atoms with E-state index in [9.17, 15) is 0 Å². The van der Waals surface area contributed by atoms with E-state index in [1.165, 1.54) is 0 Å². The van der Waals surface area contributed by atoms with E-state index in [2.05, 4.69) is 5.11 Å². The maximum absolute atomic E-state index is 6.80. The SMILES string of the molecule is [2H]OC(CC)c1ccccc1. The van der Waals surface area contributed by atoms with Crippen LogP contribution in [0.3, 0.4) is 0 Å². The number of hydrogen-bond acceptors (Lipinski definition) is 1. The average Bonchev–Trinajstić information content (AvgIpc) is 2.09. The molecule has 1 atom stereocenters. The normalized spacial score (nSPS) is 14.3. The summed E-state index contributed by atoms with van der Waals surface area (Å²) >= 11 is 0. The number of benzene rings is 1. The van der Waals surface area contributed by atoms with Crippen LogP contribution in [0.4, 0.5) is 0 Å². The second kappa shape index (κ2) is 3.37. The van der Waals surface area contributed by atoms with Gasteiger partial charge in [0.1, 0.15) is 0 Å². The molecular weight excluding hydrogens is 124 g/mol. The van der Waals surface area contributed by atoms with Crippen LogP contribution in [-0.4, -0.2) is 6.54 Å². The lowest BCUT2D eigenvalue weighted by atomic mass is 10.1. The van der Waals surface area contributed by atoms with Crippen LogP contribution in [0, 0.1) is 0 Å². The summed E-state index contributed by atoms with van der Waals surface area (Å²) in [6.45, 7) is 2.01. The molecule has 10 heavy (non-hydrogen) atoms. The molecular formula is C9H12O. The van der Waals surface area contributed by atoms with E-state index < -0.39 is 0 Å². The van der Waals surface area contributed by atoms with Gasteiger partial charge in [-0.3, -0.25) is 0 Å². The van der Waals surface area contributed by atoms with Gasteiger partial charge in [-0.25, -0.2) is 0 Å². The third-order valence-corrected chi connectivity index (χ3v) is 1.54. The van der Waals surface area contributed by atoms with Crippen molar-refractivity contribution in [1.82, 2.24) is 0 Å². The Morgan fingerprint density at radius 3 is 2.70 bits per heavy atom. The van der Waals surface area contributed by atoms with Gasteiger partial charge < -0.3 is 5.11 Å². The molecule has 0 heterocycles. The fourth-order valence-electron chi connectivity index (χ4n) is 0.903. The topological polar surface area (TPSA) is 20.2 Å². The molecule has 0 saturated heterocycles. The monoisotopic (exact) mass is 137 g/mol. The number of aliphatic hydroxyl groups is 1. The highest BCUT2D eigenvalue weighted by Gasteiger charge is 2.00. The molecule has 1 nitrogen and oxygen atoms in total. The Morgan fingerprint density at radius 2 is 2.20 bits per heavy atom. The van der Waals surface area contributed by atoms with Crippen molar-refractivity contribution in [1.29, 1.82) is 1.43 Å². The van der Waals surface area contributed by atoms with Crippen LogP contribution in [0.15, 0.2) is 30.3 Å². The minimum Gasteiger partial charge on any atom is -0.388 e. The summed E-state index contributed by atoms with van der Waals surface area (Å²) in [6.07, 6.45) is 0.768. The van der Waals surface area contributed by atoms with Crippen molar-refractivity contribution >= 4 is 0 Å². The van der Waals surface area contributed by atoms with E-state index in [0.717, 1.165) is 12.0 Å². The minimum atomic E-state index is -0.0730. The predicted octanol–water partition coefficient (Wildman–Crippen LogP) is 2.13. The standard InChI is InChI=1S/C9H12O/c1-2-9(10)8-6-4-3-5-7-8/h3-7,9-10H,2H2,1H3/i10D. The van der Waals surface area contributed by atoms with Gasteiger partial charge in [0.2, 0.25) is 1.43 Å². The second-order valence-corrected chi connectivity index (χ2v) is 2.31. The first-order valence-corrected chi connectivity index (χ1v) is 3.55. The molecule has 0 aliphatic heterocycles. The first-order valence-electron chi connectivity index (χ1n) is 3.96. The van der Waals surface area contributed by atoms with Crippen molar-refractivity contribution in [2.24, 2.45) is 0 Å². The van der Waals surface area contributed by atoms with E-state index in [0.29, 0.717) is 0 Å². The van der Waals surface area contributed by atoms with Crippen molar-refractivity contribution in [2.45, 2.75) is 19.4 Å². The molecule has 1 rings (SSSR count). The molecule has 1 aromatic rings. The molecule has 0 saturated carbocycles. The second-order valence-electron chi connectivity index (χ2n) is 2.31. The van der Waals surface area contributed by atoms with Crippen molar-refractivity contribution in [3.05, 3.63) is 35.9 Å². The first kappa shape index (κ1) is 5.93. The molecule has 0 fully saturated rings. The average molecular weight is 137 g/mol. The number of hydrogen-bond donors (Lipinski definition) is 1. The van der Waals surface area contributed by atoms with Crippen LogP contribution in [0.1, 0.15) is 25.0 Å².